The maximum Gasteiger partial charge on any atom is 0.339 e. The van der Waals surface area contributed by atoms with Crippen LogP contribution in [0, 0.1) is 12.8 Å². The van der Waals surface area contributed by atoms with E-state index in [2.05, 4.69) is 17.9 Å². The molecule has 4 rings (SSSR count). The number of rotatable bonds is 2. The quantitative estimate of drug-likeness (QED) is 0.858. The summed E-state index contributed by atoms with van der Waals surface area (Å²) in [7, 11) is 0. The molecule has 4 heteroatoms. The highest BCUT2D eigenvalue weighted by Gasteiger charge is 2.24. The van der Waals surface area contributed by atoms with Crippen molar-refractivity contribution >= 4 is 11.0 Å². The average Bonchev–Trinajstić information content (AvgIpc) is 3.04. The molecule has 4 nitrogen and oxygen atoms in total. The summed E-state index contributed by atoms with van der Waals surface area (Å²) in [5.41, 5.74) is 3.96. The van der Waals surface area contributed by atoms with Gasteiger partial charge in [0.25, 0.3) is 0 Å². The lowest BCUT2D eigenvalue weighted by molar-refractivity contribution is 0.175. The monoisotopic (exact) mass is 327 g/mol. The van der Waals surface area contributed by atoms with Crippen LogP contribution in [0.15, 0.2) is 15.3 Å². The van der Waals surface area contributed by atoms with Gasteiger partial charge in [-0.3, -0.25) is 4.90 Å². The minimum Gasteiger partial charge on any atom is -0.507 e. The Balaban J connectivity index is 1.80. The zero-order chi connectivity index (χ0) is 16.8. The van der Waals surface area contributed by atoms with Gasteiger partial charge in [-0.25, -0.2) is 4.79 Å². The molecule has 0 bridgehead atoms. The lowest BCUT2D eigenvalue weighted by Gasteiger charge is -2.31. The van der Waals surface area contributed by atoms with Gasteiger partial charge in [-0.2, -0.15) is 0 Å². The Hall–Kier alpha value is -1.81. The first-order valence-electron chi connectivity index (χ1n) is 9.07. The van der Waals surface area contributed by atoms with Gasteiger partial charge in [0.2, 0.25) is 0 Å². The maximum absolute atomic E-state index is 12.2. The molecule has 2 aliphatic rings. The summed E-state index contributed by atoms with van der Waals surface area (Å²) in [6.45, 7) is 7.08. The van der Waals surface area contributed by atoms with Gasteiger partial charge >= 0.3 is 5.63 Å². The molecule has 128 valence electrons. The number of phenols is 1. The van der Waals surface area contributed by atoms with Gasteiger partial charge in [-0.1, -0.05) is 6.92 Å². The highest BCUT2D eigenvalue weighted by Crippen LogP contribution is 2.36. The second-order valence-corrected chi connectivity index (χ2v) is 7.57. The molecule has 1 aromatic carbocycles. The summed E-state index contributed by atoms with van der Waals surface area (Å²) in [6, 6.07) is 2.06. The van der Waals surface area contributed by atoms with Gasteiger partial charge in [-0.15, -0.1) is 0 Å². The molecule has 0 amide bonds. The number of likely N-dealkylation sites (tertiary alicyclic amines) is 1. The van der Waals surface area contributed by atoms with Gasteiger partial charge in [0.15, 0.2) is 0 Å². The van der Waals surface area contributed by atoms with Crippen LogP contribution in [0.2, 0.25) is 0 Å². The highest BCUT2D eigenvalue weighted by molar-refractivity contribution is 5.87. The lowest BCUT2D eigenvalue weighted by Crippen LogP contribution is -2.33. The third kappa shape index (κ3) is 2.53. The molecule has 0 unspecified atom stereocenters. The SMILES string of the molecule is Cc1c(O)c(CN2CCC[C@H](C)C2)cc2c3c(c(=O)oc12)CCC3. The fourth-order valence-corrected chi connectivity index (χ4v) is 4.43. The summed E-state index contributed by atoms with van der Waals surface area (Å²) < 4.78 is 5.55. The van der Waals surface area contributed by atoms with Crippen molar-refractivity contribution in [2.45, 2.75) is 52.5 Å². The Morgan fingerprint density at radius 1 is 1.29 bits per heavy atom. The fourth-order valence-electron chi connectivity index (χ4n) is 4.43. The molecule has 0 spiro atoms. The fraction of sp³-hybridized carbons (Fsp3) is 0.550. The van der Waals surface area contributed by atoms with E-state index in [1.54, 1.807) is 0 Å². The molecule has 0 saturated carbocycles. The summed E-state index contributed by atoms with van der Waals surface area (Å²) in [5, 5.41) is 11.7. The number of piperidine rings is 1. The first kappa shape index (κ1) is 15.7. The highest BCUT2D eigenvalue weighted by atomic mass is 16.4. The molecule has 2 aromatic rings. The first-order chi connectivity index (χ1) is 11.5. The largest absolute Gasteiger partial charge is 0.507 e. The summed E-state index contributed by atoms with van der Waals surface area (Å²) >= 11 is 0. The topological polar surface area (TPSA) is 53.7 Å². The van der Waals surface area contributed by atoms with Crippen molar-refractivity contribution < 1.29 is 9.52 Å². The number of hydrogen-bond donors (Lipinski definition) is 1. The molecule has 1 fully saturated rings. The van der Waals surface area contributed by atoms with Crippen LogP contribution in [0.1, 0.15) is 48.4 Å². The first-order valence-corrected chi connectivity index (χ1v) is 9.07. The molecule has 1 aliphatic heterocycles. The van der Waals surface area contributed by atoms with E-state index in [0.29, 0.717) is 17.1 Å². The van der Waals surface area contributed by atoms with E-state index in [1.807, 2.05) is 6.92 Å². The van der Waals surface area contributed by atoms with Gasteiger partial charge in [0.1, 0.15) is 11.3 Å². The Bertz CT molecular complexity index is 852. The van der Waals surface area contributed by atoms with E-state index < -0.39 is 0 Å². The third-order valence-electron chi connectivity index (χ3n) is 5.68. The second-order valence-electron chi connectivity index (χ2n) is 7.57. The molecule has 1 atom stereocenters. The number of nitrogens with zero attached hydrogens (tertiary/aromatic N) is 1. The van der Waals surface area contributed by atoms with Crippen molar-refractivity contribution in [2.75, 3.05) is 13.1 Å². The smallest absolute Gasteiger partial charge is 0.339 e. The number of aromatic hydroxyl groups is 1. The second kappa shape index (κ2) is 5.92. The average molecular weight is 327 g/mol. The van der Waals surface area contributed by atoms with Crippen molar-refractivity contribution in [3.63, 3.8) is 0 Å². The van der Waals surface area contributed by atoms with Crippen LogP contribution < -0.4 is 5.63 Å². The number of hydrogen-bond acceptors (Lipinski definition) is 4. The minimum absolute atomic E-state index is 0.227. The van der Waals surface area contributed by atoms with Crippen LogP contribution >= 0.6 is 0 Å². The van der Waals surface area contributed by atoms with Crippen LogP contribution in [0.3, 0.4) is 0 Å². The third-order valence-corrected chi connectivity index (χ3v) is 5.68. The van der Waals surface area contributed by atoms with Crippen LogP contribution in [0.5, 0.6) is 5.75 Å². The van der Waals surface area contributed by atoms with Crippen LogP contribution in [-0.4, -0.2) is 23.1 Å². The number of aryl methyl sites for hydroxylation is 2. The number of phenolic OH excluding ortho intramolecular Hbond substituents is 1. The van der Waals surface area contributed by atoms with Crippen LogP contribution in [0.25, 0.3) is 11.0 Å². The normalized spacial score (nSPS) is 21.3. The minimum atomic E-state index is -0.227. The molecule has 24 heavy (non-hydrogen) atoms. The van der Waals surface area contributed by atoms with Crippen LogP contribution in [-0.2, 0) is 19.4 Å². The predicted octanol–water partition coefficient (Wildman–Crippen LogP) is 3.53. The van der Waals surface area contributed by atoms with E-state index in [1.165, 1.54) is 12.8 Å². The molecule has 0 radical (unpaired) electrons. The number of benzene rings is 1. The molecular weight excluding hydrogens is 302 g/mol. The van der Waals surface area contributed by atoms with E-state index in [0.717, 1.165) is 61.0 Å². The van der Waals surface area contributed by atoms with Crippen molar-refractivity contribution in [2.24, 2.45) is 5.92 Å². The molecular formula is C20H25NO3. The molecule has 1 N–H and O–H groups in total. The van der Waals surface area contributed by atoms with Crippen molar-refractivity contribution in [1.82, 2.24) is 4.90 Å². The Kier molecular flexibility index (Phi) is 3.87. The predicted molar refractivity (Wildman–Crippen MR) is 94.6 cm³/mol. The van der Waals surface area contributed by atoms with Crippen molar-refractivity contribution in [1.29, 1.82) is 0 Å². The zero-order valence-corrected chi connectivity index (χ0v) is 14.5. The molecule has 1 aliphatic carbocycles. The standard InChI is InChI=1S/C20H25NO3/c1-12-5-4-8-21(10-12)11-14-9-17-15-6-3-7-16(15)20(23)24-19(17)13(2)18(14)22/h9,12,22H,3-8,10-11H2,1-2H3/t12-/m0/s1. The Morgan fingerprint density at radius 2 is 2.08 bits per heavy atom. The lowest BCUT2D eigenvalue weighted by atomic mass is 9.97. The molecule has 1 saturated heterocycles. The summed E-state index contributed by atoms with van der Waals surface area (Å²) in [5.74, 6) is 0.992. The van der Waals surface area contributed by atoms with Gasteiger partial charge in [0, 0.05) is 35.2 Å². The van der Waals surface area contributed by atoms with Gasteiger partial charge in [0.05, 0.1) is 0 Å². The molecule has 2 heterocycles. The Labute approximate surface area is 142 Å². The van der Waals surface area contributed by atoms with Gasteiger partial charge < -0.3 is 9.52 Å². The maximum atomic E-state index is 12.2. The summed E-state index contributed by atoms with van der Waals surface area (Å²) in [6.07, 6.45) is 5.27. The van der Waals surface area contributed by atoms with E-state index in [-0.39, 0.29) is 11.4 Å². The molecule has 1 aromatic heterocycles. The zero-order valence-electron chi connectivity index (χ0n) is 14.5. The van der Waals surface area contributed by atoms with E-state index in [4.69, 9.17) is 4.42 Å². The van der Waals surface area contributed by atoms with Gasteiger partial charge in [-0.05, 0) is 63.1 Å². The summed E-state index contributed by atoms with van der Waals surface area (Å²) in [4.78, 5) is 14.6. The van der Waals surface area contributed by atoms with E-state index in [9.17, 15) is 9.90 Å². The number of fused-ring (bicyclic) bond motifs is 3. The van der Waals surface area contributed by atoms with Crippen molar-refractivity contribution in [3.05, 3.63) is 38.7 Å². The van der Waals surface area contributed by atoms with Crippen molar-refractivity contribution in [3.8, 4) is 5.75 Å². The Morgan fingerprint density at radius 3 is 2.88 bits per heavy atom. The van der Waals surface area contributed by atoms with E-state index >= 15 is 0 Å². The van der Waals surface area contributed by atoms with Crippen LogP contribution in [0.4, 0.5) is 0 Å².